The first-order valence-electron chi connectivity index (χ1n) is 14.2. The van der Waals surface area contributed by atoms with Crippen LogP contribution in [-0.4, -0.2) is 50.8 Å². The number of fused-ring (bicyclic) bond motifs is 1. The maximum atomic E-state index is 13.9. The molecule has 0 saturated carbocycles. The number of halogens is 4. The molecule has 0 amide bonds. The maximum absolute atomic E-state index is 13.9. The van der Waals surface area contributed by atoms with Crippen molar-refractivity contribution in [1.29, 1.82) is 5.26 Å². The molecule has 0 unspecified atom stereocenters. The lowest BCUT2D eigenvalue weighted by molar-refractivity contribution is -0.109. The minimum atomic E-state index is -0.566. The van der Waals surface area contributed by atoms with Crippen LogP contribution in [0, 0.1) is 23.0 Å². The monoisotopic (exact) mass is 646 g/mol. The van der Waals surface area contributed by atoms with E-state index < -0.39 is 11.9 Å². The first-order valence-corrected chi connectivity index (χ1v) is 14.9. The highest BCUT2D eigenvalue weighted by Gasteiger charge is 2.25. The molecule has 2 aromatic heterocycles. The molecule has 0 bridgehead atoms. The smallest absolute Gasteiger partial charge is 0.141 e. The van der Waals surface area contributed by atoms with Crippen LogP contribution in [0.5, 0.6) is 0 Å². The fourth-order valence-corrected chi connectivity index (χ4v) is 5.95. The number of aldehydes is 1. The van der Waals surface area contributed by atoms with Gasteiger partial charge in [0.2, 0.25) is 0 Å². The van der Waals surface area contributed by atoms with Gasteiger partial charge < -0.3 is 15.4 Å². The third-order valence-corrected chi connectivity index (χ3v) is 8.41. The maximum Gasteiger partial charge on any atom is 0.141 e. The van der Waals surface area contributed by atoms with Crippen LogP contribution in [0.4, 0.5) is 25.8 Å². The van der Waals surface area contributed by atoms with E-state index in [-0.39, 0.29) is 22.4 Å². The van der Waals surface area contributed by atoms with Crippen LogP contribution in [0.25, 0.3) is 10.9 Å². The number of nitrogens with zero attached hydrogens (tertiary/aromatic N) is 6. The Hall–Kier alpha value is -4.63. The van der Waals surface area contributed by atoms with Crippen LogP contribution in [0.2, 0.25) is 10.0 Å². The molecule has 1 fully saturated rings. The van der Waals surface area contributed by atoms with Crippen molar-refractivity contribution in [3.63, 3.8) is 0 Å². The Bertz CT molecular complexity index is 1900. The highest BCUT2D eigenvalue weighted by Crippen LogP contribution is 2.37. The van der Waals surface area contributed by atoms with Crippen molar-refractivity contribution in [2.45, 2.75) is 24.9 Å². The molecule has 0 spiro atoms. The van der Waals surface area contributed by atoms with Gasteiger partial charge in [0.25, 0.3) is 0 Å². The number of carbonyl (C=O) groups excluding carboxylic acids is 1. The number of hydrogen-bond acceptors (Lipinski definition) is 8. The van der Waals surface area contributed by atoms with Crippen LogP contribution >= 0.6 is 23.2 Å². The minimum absolute atomic E-state index is 0.0704. The van der Waals surface area contributed by atoms with E-state index in [4.69, 9.17) is 23.2 Å². The molecule has 1 aliphatic heterocycles. The number of rotatable bonds is 9. The Morgan fingerprint density at radius 3 is 2.51 bits per heavy atom. The SMILES string of the molecule is N#Cc1cnc2c(Cl)cc(N[C@@H](c3ccc(F)cc3)c3cn(C4CCN(CC=O)CC4)nn3)cc2c1Nc1ccc(F)c(Cl)c1. The second-order valence-corrected chi connectivity index (χ2v) is 11.5. The molecular weight excluding hydrogens is 621 g/mol. The van der Waals surface area contributed by atoms with E-state index in [1.54, 1.807) is 24.3 Å². The zero-order chi connectivity index (χ0) is 31.5. The zero-order valence-electron chi connectivity index (χ0n) is 23.7. The zero-order valence-corrected chi connectivity index (χ0v) is 25.2. The van der Waals surface area contributed by atoms with Crippen molar-refractivity contribution < 1.29 is 13.6 Å². The number of hydrogen-bond donors (Lipinski definition) is 2. The van der Waals surface area contributed by atoms with E-state index >= 15 is 0 Å². The average Bonchev–Trinajstić information content (AvgIpc) is 3.53. The predicted octanol–water partition coefficient (Wildman–Crippen LogP) is 7.06. The third kappa shape index (κ3) is 6.59. The number of piperidine rings is 1. The summed E-state index contributed by atoms with van der Waals surface area (Å²) < 4.78 is 29.6. The van der Waals surface area contributed by atoms with Gasteiger partial charge in [0.1, 0.15) is 29.7 Å². The van der Waals surface area contributed by atoms with Crippen LogP contribution in [0.15, 0.2) is 67.0 Å². The molecule has 6 rings (SSSR count). The van der Waals surface area contributed by atoms with Crippen molar-refractivity contribution >= 4 is 57.5 Å². The highest BCUT2D eigenvalue weighted by atomic mass is 35.5. The second kappa shape index (κ2) is 13.2. The third-order valence-electron chi connectivity index (χ3n) is 7.84. The molecule has 2 N–H and O–H groups in total. The second-order valence-electron chi connectivity index (χ2n) is 10.7. The molecule has 0 radical (unpaired) electrons. The fourth-order valence-electron chi connectivity index (χ4n) is 5.50. The van der Waals surface area contributed by atoms with Gasteiger partial charge in [-0.15, -0.1) is 5.10 Å². The lowest BCUT2D eigenvalue weighted by Crippen LogP contribution is -2.35. The summed E-state index contributed by atoms with van der Waals surface area (Å²) in [5.74, 6) is -0.937. The summed E-state index contributed by atoms with van der Waals surface area (Å²) in [6.45, 7) is 1.99. The first kappa shape index (κ1) is 30.4. The molecule has 1 aliphatic rings. The number of anilines is 3. The Morgan fingerprint density at radius 1 is 1.04 bits per heavy atom. The summed E-state index contributed by atoms with van der Waals surface area (Å²) >= 11 is 12.7. The molecule has 45 heavy (non-hydrogen) atoms. The molecule has 0 aliphatic carbocycles. The number of nitrogens with one attached hydrogen (secondary N) is 2. The number of carbonyl (C=O) groups is 1. The molecule has 9 nitrogen and oxygen atoms in total. The Morgan fingerprint density at radius 2 is 1.80 bits per heavy atom. The molecular formula is C32H26Cl2F2N8O. The number of nitriles is 1. The van der Waals surface area contributed by atoms with Crippen molar-refractivity contribution in [2.24, 2.45) is 0 Å². The standard InChI is InChI=1S/C32H26Cl2F2N8O/c33-26-14-22(5-6-28(26)36)39-30-20(16-37)17-38-32-25(30)13-23(15-27(32)34)40-31(19-1-3-21(35)4-2-19)29-18-44(42-41-29)24-7-9-43(10-8-24)11-12-45/h1-6,12-15,17-18,24,31,40H,7-11H2,(H,38,39)/t31-/m0/s1. The van der Waals surface area contributed by atoms with Crippen molar-refractivity contribution in [1.82, 2.24) is 24.9 Å². The van der Waals surface area contributed by atoms with Crippen LogP contribution in [0.1, 0.15) is 41.7 Å². The first-order chi connectivity index (χ1) is 21.8. The van der Waals surface area contributed by atoms with Crippen LogP contribution in [0.3, 0.4) is 0 Å². The molecule has 228 valence electrons. The normalized spacial score (nSPS) is 14.6. The van der Waals surface area contributed by atoms with Crippen LogP contribution < -0.4 is 10.6 Å². The number of likely N-dealkylation sites (tertiary alicyclic amines) is 1. The molecule has 1 atom stereocenters. The van der Waals surface area contributed by atoms with Crippen molar-refractivity contribution in [2.75, 3.05) is 30.3 Å². The largest absolute Gasteiger partial charge is 0.373 e. The molecule has 1 saturated heterocycles. The van der Waals surface area contributed by atoms with E-state index in [9.17, 15) is 18.8 Å². The van der Waals surface area contributed by atoms with Gasteiger partial charge in [-0.3, -0.25) is 9.88 Å². The summed E-state index contributed by atoms with van der Waals surface area (Å²) in [5.41, 5.74) is 3.50. The Kier molecular flexibility index (Phi) is 8.89. The quantitative estimate of drug-likeness (QED) is 0.164. The number of pyridine rings is 1. The van der Waals surface area contributed by atoms with E-state index in [2.05, 4.69) is 36.9 Å². The topological polar surface area (TPSA) is 112 Å². The Balaban J connectivity index is 1.37. The van der Waals surface area contributed by atoms with E-state index in [1.165, 1.54) is 36.5 Å². The van der Waals surface area contributed by atoms with E-state index in [1.807, 2.05) is 10.9 Å². The van der Waals surface area contributed by atoms with Gasteiger partial charge in [-0.05, 0) is 60.9 Å². The van der Waals surface area contributed by atoms with Gasteiger partial charge in [-0.25, -0.2) is 13.5 Å². The van der Waals surface area contributed by atoms with Gasteiger partial charge in [0.05, 0.1) is 51.6 Å². The minimum Gasteiger partial charge on any atom is -0.373 e. The van der Waals surface area contributed by atoms with E-state index in [0.717, 1.165) is 37.8 Å². The van der Waals surface area contributed by atoms with Gasteiger partial charge in [0.15, 0.2) is 0 Å². The summed E-state index contributed by atoms with van der Waals surface area (Å²) in [5, 5.41) is 26.2. The number of benzene rings is 3. The summed E-state index contributed by atoms with van der Waals surface area (Å²) in [4.78, 5) is 17.4. The molecule has 5 aromatic rings. The van der Waals surface area contributed by atoms with Crippen molar-refractivity contribution in [3.05, 3.63) is 105 Å². The van der Waals surface area contributed by atoms with Crippen molar-refractivity contribution in [3.8, 4) is 6.07 Å². The van der Waals surface area contributed by atoms with Gasteiger partial charge in [0, 0.05) is 36.0 Å². The van der Waals surface area contributed by atoms with Gasteiger partial charge in [-0.1, -0.05) is 40.5 Å². The summed E-state index contributed by atoms with van der Waals surface area (Å²) in [7, 11) is 0. The molecule has 13 heteroatoms. The summed E-state index contributed by atoms with van der Waals surface area (Å²) in [6.07, 6.45) is 5.87. The van der Waals surface area contributed by atoms with Gasteiger partial charge >= 0.3 is 0 Å². The highest BCUT2D eigenvalue weighted by molar-refractivity contribution is 6.36. The summed E-state index contributed by atoms with van der Waals surface area (Å²) in [6, 6.07) is 15.5. The van der Waals surface area contributed by atoms with E-state index in [0.29, 0.717) is 45.2 Å². The predicted molar refractivity (Wildman–Crippen MR) is 169 cm³/mol. The number of aromatic nitrogens is 4. The lowest BCUT2D eigenvalue weighted by atomic mass is 10.0. The van der Waals surface area contributed by atoms with Crippen LogP contribution in [-0.2, 0) is 4.79 Å². The molecule has 3 heterocycles. The molecule has 3 aromatic carbocycles. The average molecular weight is 648 g/mol. The fraction of sp³-hybridized carbons (Fsp3) is 0.219. The Labute approximate surface area is 267 Å². The van der Waals surface area contributed by atoms with Gasteiger partial charge in [-0.2, -0.15) is 5.26 Å². The lowest BCUT2D eigenvalue weighted by Gasteiger charge is -2.30.